The van der Waals surface area contributed by atoms with E-state index >= 15 is 0 Å². The molecule has 0 aliphatic carbocycles. The molecule has 8 nitrogen and oxygen atoms in total. The third kappa shape index (κ3) is 2.73. The molecule has 0 aliphatic rings. The number of nitrogens with one attached hydrogen (secondary N) is 2. The Morgan fingerprint density at radius 3 is 2.84 bits per heavy atom. The van der Waals surface area contributed by atoms with E-state index in [1.54, 1.807) is 0 Å². The zero-order chi connectivity index (χ0) is 14.2. The first-order valence-corrected chi connectivity index (χ1v) is 6.82. The maximum Gasteiger partial charge on any atom is 0.256 e. The summed E-state index contributed by atoms with van der Waals surface area (Å²) < 4.78 is 29.8. The van der Waals surface area contributed by atoms with Crippen LogP contribution in [0.15, 0.2) is 0 Å². The Balaban J connectivity index is 2.32. The Labute approximate surface area is 116 Å². The summed E-state index contributed by atoms with van der Waals surface area (Å²) in [6.07, 6.45) is 0. The Hall–Kier alpha value is -1.16. The molecule has 2 aromatic rings. The maximum absolute atomic E-state index is 10.5. The van der Waals surface area contributed by atoms with Crippen molar-refractivity contribution in [2.24, 2.45) is 0 Å². The molecular weight excluding hydrogens is 294 g/mol. The first kappa shape index (κ1) is 14.3. The van der Waals surface area contributed by atoms with Crippen LogP contribution in [-0.4, -0.2) is 42.2 Å². The van der Waals surface area contributed by atoms with E-state index in [4.69, 9.17) is 16.3 Å². The summed E-state index contributed by atoms with van der Waals surface area (Å²) >= 11 is 3.73. The van der Waals surface area contributed by atoms with Crippen molar-refractivity contribution in [3.63, 3.8) is 0 Å². The van der Waals surface area contributed by atoms with E-state index in [2.05, 4.69) is 19.9 Å². The van der Waals surface area contributed by atoms with Crippen LogP contribution in [0.1, 0.15) is 19.7 Å². The molecule has 19 heavy (non-hydrogen) atoms. The predicted molar refractivity (Wildman–Crippen MR) is 68.8 cm³/mol. The number of methoxy groups -OCH3 is 1. The first-order valence-electron chi connectivity index (χ1n) is 5.36. The van der Waals surface area contributed by atoms with Crippen LogP contribution in [0.4, 0.5) is 0 Å². The van der Waals surface area contributed by atoms with Crippen molar-refractivity contribution >= 4 is 28.5 Å². The number of aromatic amines is 1. The van der Waals surface area contributed by atoms with E-state index in [-0.39, 0.29) is 12.4 Å². The van der Waals surface area contributed by atoms with Crippen LogP contribution in [0.25, 0.3) is 5.65 Å². The van der Waals surface area contributed by atoms with Gasteiger partial charge in [0.25, 0.3) is 5.88 Å². The fraction of sp³-hybridized carbons (Fsp3) is 0.556. The summed E-state index contributed by atoms with van der Waals surface area (Å²) in [7, 11) is 1.46. The Bertz CT molecular complexity index is 623. The van der Waals surface area contributed by atoms with Crippen molar-refractivity contribution in [3.05, 3.63) is 10.8 Å². The second-order valence-corrected chi connectivity index (χ2v) is 5.71. The van der Waals surface area contributed by atoms with E-state index in [0.29, 0.717) is 16.5 Å². The molecule has 0 bridgehead atoms. The van der Waals surface area contributed by atoms with Crippen LogP contribution in [0.5, 0.6) is 5.88 Å². The summed E-state index contributed by atoms with van der Waals surface area (Å²) in [4.78, 5) is 4.32. The predicted octanol–water partition coefficient (Wildman–Crippen LogP) is 0.381. The van der Waals surface area contributed by atoms with Gasteiger partial charge in [0, 0.05) is 23.2 Å². The smallest absolute Gasteiger partial charge is 0.256 e. The monoisotopic (exact) mass is 306 g/mol. The highest BCUT2D eigenvalue weighted by Gasteiger charge is 2.26. The minimum absolute atomic E-state index is 0.203. The number of H-pyrrole nitrogens is 1. The molecule has 0 amide bonds. The van der Waals surface area contributed by atoms with Crippen LogP contribution < -0.4 is 9.46 Å². The molecule has 0 saturated carbocycles. The molecule has 2 heterocycles. The van der Waals surface area contributed by atoms with Crippen molar-refractivity contribution in [2.75, 3.05) is 13.7 Å². The molecule has 1 unspecified atom stereocenters. The van der Waals surface area contributed by atoms with Gasteiger partial charge in [0.2, 0.25) is 0 Å². The lowest BCUT2D eigenvalue weighted by Gasteiger charge is -2.22. The molecule has 0 spiro atoms. The van der Waals surface area contributed by atoms with Crippen molar-refractivity contribution in [2.45, 2.75) is 19.3 Å². The minimum Gasteiger partial charge on any atom is -0.760 e. The fourth-order valence-corrected chi connectivity index (χ4v) is 2.25. The zero-order valence-electron chi connectivity index (χ0n) is 10.6. The van der Waals surface area contributed by atoms with Gasteiger partial charge in [-0.25, -0.2) is 9.71 Å². The highest BCUT2D eigenvalue weighted by atomic mass is 35.5. The van der Waals surface area contributed by atoms with E-state index in [1.807, 2.05) is 13.8 Å². The molecule has 0 fully saturated rings. The van der Waals surface area contributed by atoms with E-state index < -0.39 is 16.7 Å². The number of rotatable bonds is 5. The Morgan fingerprint density at radius 1 is 1.63 bits per heavy atom. The van der Waals surface area contributed by atoms with Gasteiger partial charge in [0.1, 0.15) is 5.82 Å². The molecule has 2 N–H and O–H groups in total. The lowest BCUT2D eigenvalue weighted by atomic mass is 9.93. The van der Waals surface area contributed by atoms with Gasteiger partial charge >= 0.3 is 0 Å². The van der Waals surface area contributed by atoms with Gasteiger partial charge < -0.3 is 9.29 Å². The number of ether oxygens (including phenoxy) is 1. The molecule has 106 valence electrons. The van der Waals surface area contributed by atoms with E-state index in [9.17, 15) is 8.76 Å². The highest BCUT2D eigenvalue weighted by molar-refractivity contribution is 7.77. The fourth-order valence-electron chi connectivity index (χ4n) is 1.53. The molecule has 0 saturated heterocycles. The molecule has 2 rings (SSSR count). The lowest BCUT2D eigenvalue weighted by molar-refractivity contribution is 0.392. The van der Waals surface area contributed by atoms with Gasteiger partial charge in [-0.05, 0) is 0 Å². The van der Waals surface area contributed by atoms with Crippen molar-refractivity contribution < 1.29 is 13.5 Å². The van der Waals surface area contributed by atoms with Crippen LogP contribution >= 0.6 is 11.6 Å². The topological polar surface area (TPSA) is 107 Å². The van der Waals surface area contributed by atoms with Crippen molar-refractivity contribution in [1.82, 2.24) is 24.5 Å². The zero-order valence-corrected chi connectivity index (χ0v) is 12.1. The molecule has 2 aromatic heterocycles. The Morgan fingerprint density at radius 2 is 2.32 bits per heavy atom. The number of aromatic nitrogens is 4. The van der Waals surface area contributed by atoms with E-state index in [0.717, 1.165) is 0 Å². The highest BCUT2D eigenvalue weighted by Crippen LogP contribution is 2.28. The van der Waals surface area contributed by atoms with Crippen LogP contribution in [-0.2, 0) is 16.7 Å². The van der Waals surface area contributed by atoms with Gasteiger partial charge in [-0.3, -0.25) is 9.31 Å². The summed E-state index contributed by atoms with van der Waals surface area (Å²) in [6, 6.07) is 0. The number of nitrogens with zero attached hydrogens (tertiary/aromatic N) is 3. The third-order valence-corrected chi connectivity index (χ3v) is 3.38. The average Bonchev–Trinajstić information content (AvgIpc) is 2.87. The normalized spacial score (nSPS) is 13.9. The van der Waals surface area contributed by atoms with Crippen LogP contribution in [0, 0.1) is 0 Å². The standard InChI is InChI=1S/C9H14ClN5O3S/c1-9(2,4-11-19(16)17)8-12-6-5(10)7(18-3)13-15(6)14-8/h11H,4H2,1-3H3,(H,12,14)(H,16,17)/p-1. The molecule has 0 radical (unpaired) electrons. The minimum atomic E-state index is -2.31. The van der Waals surface area contributed by atoms with Crippen LogP contribution in [0.2, 0.25) is 5.02 Å². The molecule has 0 aromatic carbocycles. The van der Waals surface area contributed by atoms with Crippen molar-refractivity contribution in [3.8, 4) is 5.88 Å². The second kappa shape index (κ2) is 5.08. The quantitative estimate of drug-likeness (QED) is 0.777. The lowest BCUT2D eigenvalue weighted by Crippen LogP contribution is -2.34. The van der Waals surface area contributed by atoms with E-state index in [1.165, 1.54) is 11.7 Å². The second-order valence-electron chi connectivity index (χ2n) is 4.57. The largest absolute Gasteiger partial charge is 0.760 e. The summed E-state index contributed by atoms with van der Waals surface area (Å²) in [5, 5.41) is 7.31. The SMILES string of the molecule is COc1nn2[nH]c(C(C)(C)CNS(=O)[O-])nc2c1Cl. The molecular formula is C9H13ClN5O3S-. The number of halogens is 1. The van der Waals surface area contributed by atoms with Crippen molar-refractivity contribution in [1.29, 1.82) is 0 Å². The molecule has 10 heteroatoms. The van der Waals surface area contributed by atoms with Gasteiger partial charge in [-0.2, -0.15) is 0 Å². The first-order chi connectivity index (χ1) is 8.85. The molecule has 1 atom stereocenters. The van der Waals surface area contributed by atoms with Crippen LogP contribution in [0.3, 0.4) is 0 Å². The maximum atomic E-state index is 10.5. The van der Waals surface area contributed by atoms with Gasteiger partial charge in [-0.15, -0.1) is 9.73 Å². The number of fused-ring (bicyclic) bond motifs is 1. The van der Waals surface area contributed by atoms with Gasteiger partial charge in [0.05, 0.1) is 7.11 Å². The average molecular weight is 307 g/mol. The summed E-state index contributed by atoms with van der Waals surface area (Å²) in [5.74, 6) is 0.848. The summed E-state index contributed by atoms with van der Waals surface area (Å²) in [6.45, 7) is 3.89. The third-order valence-electron chi connectivity index (χ3n) is 2.67. The Kier molecular flexibility index (Phi) is 3.81. The van der Waals surface area contributed by atoms with Gasteiger partial charge in [0.15, 0.2) is 10.7 Å². The number of hydrogen-bond acceptors (Lipinski definition) is 5. The summed E-state index contributed by atoms with van der Waals surface area (Å²) in [5.41, 5.74) is -0.0954. The van der Waals surface area contributed by atoms with Gasteiger partial charge in [-0.1, -0.05) is 25.4 Å². The molecule has 0 aliphatic heterocycles. The number of hydrogen-bond donors (Lipinski definition) is 2.